The van der Waals surface area contributed by atoms with E-state index in [9.17, 15) is 10.2 Å². The zero-order valence-electron chi connectivity index (χ0n) is 25.3. The lowest BCUT2D eigenvalue weighted by atomic mass is 9.78. The van der Waals surface area contributed by atoms with Crippen molar-refractivity contribution in [1.82, 2.24) is 29.1 Å². The summed E-state index contributed by atoms with van der Waals surface area (Å²) in [6, 6.07) is 25.2. The Labute approximate surface area is 267 Å². The van der Waals surface area contributed by atoms with Crippen molar-refractivity contribution >= 4 is 0 Å². The summed E-state index contributed by atoms with van der Waals surface area (Å²) < 4.78 is 4.43. The van der Waals surface area contributed by atoms with E-state index in [1.807, 2.05) is 37.2 Å². The van der Waals surface area contributed by atoms with Crippen LogP contribution in [-0.2, 0) is 12.8 Å². The molecule has 6 atom stereocenters. The number of rotatable bonds is 2. The quantitative estimate of drug-likeness (QED) is 0.240. The molecule has 2 aliphatic carbocycles. The van der Waals surface area contributed by atoms with Crippen molar-refractivity contribution in [2.75, 3.05) is 0 Å². The highest BCUT2D eigenvalue weighted by Crippen LogP contribution is 2.50. The van der Waals surface area contributed by atoms with Gasteiger partial charge in [-0.3, -0.25) is 9.97 Å². The lowest BCUT2D eigenvalue weighted by Crippen LogP contribution is -2.29. The van der Waals surface area contributed by atoms with Crippen molar-refractivity contribution < 1.29 is 10.2 Å². The number of imidazole rings is 2. The standard InChI is InChI=1S/2C19H17N3O/c2*23-19-15(8-7-12-4-3-9-21-17(12)19)18-14-6-2-1-5-13(14)16-10-20-11-22(16)18/h2*1-6,9-11,15,18-19,23H,7-8H2/t2*15-,18+,19-/m10/s1. The minimum atomic E-state index is -0.536. The smallest absolute Gasteiger partial charge is 0.101 e. The van der Waals surface area contributed by atoms with E-state index in [1.54, 1.807) is 12.4 Å². The van der Waals surface area contributed by atoms with E-state index in [0.29, 0.717) is 0 Å². The first-order chi connectivity index (χ1) is 22.7. The molecule has 6 heterocycles. The van der Waals surface area contributed by atoms with Gasteiger partial charge in [0.1, 0.15) is 12.2 Å². The maximum atomic E-state index is 11.0. The lowest BCUT2D eigenvalue weighted by Gasteiger charge is -2.34. The van der Waals surface area contributed by atoms with Crippen LogP contribution in [0.2, 0.25) is 0 Å². The van der Waals surface area contributed by atoms with Crippen LogP contribution in [0.25, 0.3) is 22.5 Å². The number of aromatic nitrogens is 6. The Morgan fingerprint density at radius 3 is 1.50 bits per heavy atom. The van der Waals surface area contributed by atoms with Gasteiger partial charge in [0.25, 0.3) is 0 Å². The van der Waals surface area contributed by atoms with E-state index in [4.69, 9.17) is 0 Å². The van der Waals surface area contributed by atoms with Crippen molar-refractivity contribution in [2.24, 2.45) is 11.8 Å². The van der Waals surface area contributed by atoms with Crippen LogP contribution in [0.1, 0.15) is 70.8 Å². The van der Waals surface area contributed by atoms with Crippen LogP contribution in [0.5, 0.6) is 0 Å². The van der Waals surface area contributed by atoms with Crippen molar-refractivity contribution in [2.45, 2.75) is 50.0 Å². The fourth-order valence-corrected chi connectivity index (χ4v) is 8.50. The van der Waals surface area contributed by atoms with Crippen molar-refractivity contribution in [3.05, 3.63) is 144 Å². The third-order valence-corrected chi connectivity index (χ3v) is 10.6. The van der Waals surface area contributed by atoms with Gasteiger partial charge in [-0.25, -0.2) is 9.97 Å². The van der Waals surface area contributed by atoms with E-state index in [2.05, 4.69) is 89.7 Å². The number of hydrogen-bond acceptors (Lipinski definition) is 6. The fraction of sp³-hybridized carbons (Fsp3) is 0.263. The Kier molecular flexibility index (Phi) is 6.47. The number of hydrogen-bond donors (Lipinski definition) is 2. The number of pyridine rings is 2. The summed E-state index contributed by atoms with van der Waals surface area (Å²) >= 11 is 0. The Morgan fingerprint density at radius 2 is 1.02 bits per heavy atom. The maximum Gasteiger partial charge on any atom is 0.101 e. The van der Waals surface area contributed by atoms with Crippen molar-refractivity contribution in [1.29, 1.82) is 0 Å². The molecule has 4 aliphatic rings. The minimum absolute atomic E-state index is 0.119. The van der Waals surface area contributed by atoms with Crippen LogP contribution in [0, 0.1) is 11.8 Å². The molecule has 0 unspecified atom stereocenters. The van der Waals surface area contributed by atoms with Gasteiger partial charge < -0.3 is 19.3 Å². The zero-order valence-corrected chi connectivity index (χ0v) is 25.3. The number of fused-ring (bicyclic) bond motifs is 8. The monoisotopic (exact) mass is 606 g/mol. The summed E-state index contributed by atoms with van der Waals surface area (Å²) in [5.41, 5.74) is 11.4. The van der Waals surface area contributed by atoms with Gasteiger partial charge in [-0.15, -0.1) is 0 Å². The number of benzene rings is 2. The van der Waals surface area contributed by atoms with Gasteiger partial charge in [0.05, 0.1) is 59.9 Å². The van der Waals surface area contributed by atoms with Crippen LogP contribution in [0.4, 0.5) is 0 Å². The van der Waals surface area contributed by atoms with Gasteiger partial charge in [-0.2, -0.15) is 0 Å². The van der Waals surface area contributed by atoms with Crippen LogP contribution >= 0.6 is 0 Å². The molecule has 2 aliphatic heterocycles. The molecule has 10 rings (SSSR count). The van der Waals surface area contributed by atoms with Crippen LogP contribution in [0.3, 0.4) is 0 Å². The molecular formula is C38H34N6O2. The highest BCUT2D eigenvalue weighted by Gasteiger charge is 2.42. The number of nitrogens with zero attached hydrogens (tertiary/aromatic N) is 6. The number of aryl methyl sites for hydroxylation is 2. The normalized spacial score (nSPS) is 24.8. The van der Waals surface area contributed by atoms with Crippen molar-refractivity contribution in [3.8, 4) is 22.5 Å². The van der Waals surface area contributed by atoms with E-state index in [0.717, 1.165) is 48.5 Å². The molecule has 0 spiro atoms. The average molecular weight is 607 g/mol. The second-order valence-electron chi connectivity index (χ2n) is 12.8. The van der Waals surface area contributed by atoms with E-state index < -0.39 is 12.2 Å². The molecule has 4 aromatic heterocycles. The molecule has 228 valence electrons. The molecule has 0 radical (unpaired) electrons. The summed E-state index contributed by atoms with van der Waals surface area (Å²) in [5.74, 6) is 0.239. The van der Waals surface area contributed by atoms with Crippen LogP contribution in [0.15, 0.2) is 110 Å². The van der Waals surface area contributed by atoms with E-state index in [1.165, 1.54) is 33.4 Å². The van der Waals surface area contributed by atoms with Crippen molar-refractivity contribution in [3.63, 3.8) is 0 Å². The summed E-state index contributed by atoms with van der Waals surface area (Å²) in [4.78, 5) is 17.5. The molecular weight excluding hydrogens is 572 g/mol. The van der Waals surface area contributed by atoms with Gasteiger partial charge in [-0.1, -0.05) is 60.7 Å². The van der Waals surface area contributed by atoms with Gasteiger partial charge in [-0.05, 0) is 60.1 Å². The molecule has 0 amide bonds. The Morgan fingerprint density at radius 1 is 0.565 bits per heavy atom. The summed E-state index contributed by atoms with van der Waals surface area (Å²) in [6.07, 6.45) is 13.9. The molecule has 8 nitrogen and oxygen atoms in total. The molecule has 0 saturated carbocycles. The fourth-order valence-electron chi connectivity index (χ4n) is 8.50. The Bertz CT molecular complexity index is 1920. The molecule has 8 heteroatoms. The predicted molar refractivity (Wildman–Crippen MR) is 174 cm³/mol. The minimum Gasteiger partial charge on any atom is -0.386 e. The molecule has 0 bridgehead atoms. The number of aliphatic hydroxyl groups excluding tert-OH is 2. The van der Waals surface area contributed by atoms with Gasteiger partial charge in [0.2, 0.25) is 0 Å². The topological polar surface area (TPSA) is 102 Å². The summed E-state index contributed by atoms with van der Waals surface area (Å²) in [5, 5.41) is 21.9. The SMILES string of the molecule is O[C@@H]1c2ncccc2CC[C@H]1[C@H]1c2ccccc2-c2cncn21.O[C@H]1c2ncccc2CC[C@@H]1[C@@H]1c2ccccc2-c2cncn21. The first-order valence-corrected chi connectivity index (χ1v) is 16.1. The molecule has 46 heavy (non-hydrogen) atoms. The zero-order chi connectivity index (χ0) is 30.8. The van der Waals surface area contributed by atoms with Crippen LogP contribution in [-0.4, -0.2) is 39.3 Å². The predicted octanol–water partition coefficient (Wildman–Crippen LogP) is 6.29. The molecule has 2 aromatic carbocycles. The highest BCUT2D eigenvalue weighted by atomic mass is 16.3. The maximum absolute atomic E-state index is 11.0. The molecule has 0 fully saturated rings. The summed E-state index contributed by atoms with van der Waals surface area (Å²) in [6.45, 7) is 0. The highest BCUT2D eigenvalue weighted by molar-refractivity contribution is 5.70. The first-order valence-electron chi connectivity index (χ1n) is 16.1. The summed E-state index contributed by atoms with van der Waals surface area (Å²) in [7, 11) is 0. The first kappa shape index (κ1) is 27.4. The van der Waals surface area contributed by atoms with Gasteiger partial charge in [0, 0.05) is 35.4 Å². The largest absolute Gasteiger partial charge is 0.386 e. The second kappa shape index (κ2) is 10.9. The third-order valence-electron chi connectivity index (χ3n) is 10.6. The van der Waals surface area contributed by atoms with Gasteiger partial charge in [0.15, 0.2) is 0 Å². The lowest BCUT2D eigenvalue weighted by molar-refractivity contribution is 0.0678. The average Bonchev–Trinajstić information content (AvgIpc) is 3.89. The van der Waals surface area contributed by atoms with E-state index in [-0.39, 0.29) is 23.9 Å². The van der Waals surface area contributed by atoms with E-state index >= 15 is 0 Å². The molecule has 6 aromatic rings. The Balaban J connectivity index is 0.000000127. The third kappa shape index (κ3) is 4.13. The Hall–Kier alpha value is -4.92. The van der Waals surface area contributed by atoms with Crippen LogP contribution < -0.4 is 0 Å². The molecule has 2 N–H and O–H groups in total. The number of aliphatic hydroxyl groups is 2. The second-order valence-corrected chi connectivity index (χ2v) is 12.8. The van der Waals surface area contributed by atoms with Gasteiger partial charge >= 0.3 is 0 Å². The molecule has 0 saturated heterocycles.